The Morgan fingerprint density at radius 3 is 2.14 bits per heavy atom. The summed E-state index contributed by atoms with van der Waals surface area (Å²) in [7, 11) is -4.59. The van der Waals surface area contributed by atoms with E-state index in [4.69, 9.17) is 0 Å². The Labute approximate surface area is 77.4 Å². The van der Waals surface area contributed by atoms with Crippen LogP contribution in [0.25, 0.3) is 0 Å². The molecule has 4 nitrogen and oxygen atoms in total. The molecule has 0 aliphatic carbocycles. The average Bonchev–Trinajstić information content (AvgIpc) is 2.04. The number of benzene rings is 1. The molecule has 0 atom stereocenters. The monoisotopic (exact) mass is 227 g/mol. The lowest BCUT2D eigenvalue weighted by Gasteiger charge is -2.04. The highest BCUT2D eigenvalue weighted by Crippen LogP contribution is 2.24. The van der Waals surface area contributed by atoms with Gasteiger partial charge < -0.3 is 4.18 Å². The first kappa shape index (κ1) is 10.8. The summed E-state index contributed by atoms with van der Waals surface area (Å²) in [5.41, 5.74) is 0. The van der Waals surface area contributed by atoms with Gasteiger partial charge in [0.05, 0.1) is 0 Å². The molecule has 0 unspecified atom stereocenters. The lowest BCUT2D eigenvalue weighted by atomic mass is 10.3. The van der Waals surface area contributed by atoms with Gasteiger partial charge in [0.2, 0.25) is 11.6 Å². The fourth-order valence-corrected chi connectivity index (χ4v) is 1.09. The van der Waals surface area contributed by atoms with Gasteiger partial charge in [0.15, 0.2) is 11.6 Å². The number of rotatable bonds is 2. The first-order chi connectivity index (χ1) is 6.31. The molecular weight excluding hydrogens is 223 g/mol. The van der Waals surface area contributed by atoms with E-state index in [1.807, 2.05) is 0 Å². The highest BCUT2D eigenvalue weighted by molar-refractivity contribution is 7.84. The molecule has 0 fully saturated rings. The molecule has 0 amide bonds. The standard InChI is InChI=1S/C6H4F3NO3S/c7-3-1-2-4(8)6(5(3)9)13-14(10,11)12/h1-2H,(H2,10,11,12). The van der Waals surface area contributed by atoms with Crippen LogP contribution in [-0.4, -0.2) is 8.42 Å². The van der Waals surface area contributed by atoms with E-state index >= 15 is 0 Å². The van der Waals surface area contributed by atoms with Gasteiger partial charge in [0.25, 0.3) is 0 Å². The van der Waals surface area contributed by atoms with E-state index in [-0.39, 0.29) is 0 Å². The van der Waals surface area contributed by atoms with Crippen LogP contribution in [0.3, 0.4) is 0 Å². The van der Waals surface area contributed by atoms with Crippen molar-refractivity contribution in [3.63, 3.8) is 0 Å². The summed E-state index contributed by atoms with van der Waals surface area (Å²) in [6.07, 6.45) is 0. The third-order valence-electron chi connectivity index (χ3n) is 1.20. The minimum atomic E-state index is -4.59. The van der Waals surface area contributed by atoms with Crippen molar-refractivity contribution >= 4 is 10.3 Å². The molecule has 0 spiro atoms. The Morgan fingerprint density at radius 1 is 1.14 bits per heavy atom. The quantitative estimate of drug-likeness (QED) is 0.755. The van der Waals surface area contributed by atoms with Crippen molar-refractivity contribution < 1.29 is 25.8 Å². The third kappa shape index (κ3) is 2.36. The third-order valence-corrected chi connectivity index (χ3v) is 1.60. The maximum Gasteiger partial charge on any atom is 0.380 e. The van der Waals surface area contributed by atoms with Crippen molar-refractivity contribution in [2.45, 2.75) is 0 Å². The fraction of sp³-hybridized carbons (Fsp3) is 0. The number of halogens is 3. The Balaban J connectivity index is 3.27. The minimum absolute atomic E-state index is 0.487. The van der Waals surface area contributed by atoms with Gasteiger partial charge in [-0.1, -0.05) is 0 Å². The van der Waals surface area contributed by atoms with E-state index < -0.39 is 33.5 Å². The first-order valence-corrected chi connectivity index (χ1v) is 4.64. The Kier molecular flexibility index (Phi) is 2.67. The van der Waals surface area contributed by atoms with Gasteiger partial charge in [0.1, 0.15) is 0 Å². The Bertz CT molecular complexity index is 460. The van der Waals surface area contributed by atoms with Crippen LogP contribution in [-0.2, 0) is 10.3 Å². The molecular formula is C6H4F3NO3S. The van der Waals surface area contributed by atoms with E-state index in [1.54, 1.807) is 0 Å². The van der Waals surface area contributed by atoms with Gasteiger partial charge >= 0.3 is 10.3 Å². The molecule has 8 heteroatoms. The molecule has 1 aromatic rings. The molecule has 78 valence electrons. The van der Waals surface area contributed by atoms with E-state index in [0.717, 1.165) is 0 Å². The summed E-state index contributed by atoms with van der Waals surface area (Å²) in [6.45, 7) is 0. The molecule has 0 bridgehead atoms. The largest absolute Gasteiger partial charge is 0.380 e. The molecule has 0 radical (unpaired) electrons. The maximum absolute atomic E-state index is 12.7. The van der Waals surface area contributed by atoms with Crippen LogP contribution in [0.1, 0.15) is 0 Å². The second kappa shape index (κ2) is 3.46. The normalized spacial score (nSPS) is 11.4. The van der Waals surface area contributed by atoms with Crippen molar-refractivity contribution in [2.75, 3.05) is 0 Å². The molecule has 14 heavy (non-hydrogen) atoms. The van der Waals surface area contributed by atoms with Crippen molar-refractivity contribution in [1.82, 2.24) is 0 Å². The lowest BCUT2D eigenvalue weighted by molar-refractivity contribution is 0.412. The first-order valence-electron chi connectivity index (χ1n) is 3.17. The summed E-state index contributed by atoms with van der Waals surface area (Å²) >= 11 is 0. The van der Waals surface area contributed by atoms with Gasteiger partial charge in [-0.15, -0.1) is 0 Å². The molecule has 1 rings (SSSR count). The van der Waals surface area contributed by atoms with Crippen molar-refractivity contribution in [3.05, 3.63) is 29.6 Å². The maximum atomic E-state index is 12.7. The Hall–Kier alpha value is -1.28. The predicted octanol–water partition coefficient (Wildman–Crippen LogP) is 0.686. The van der Waals surface area contributed by atoms with Crippen LogP contribution in [0.2, 0.25) is 0 Å². The fourth-order valence-electron chi connectivity index (χ4n) is 0.701. The minimum Gasteiger partial charge on any atom is -0.365 e. The summed E-state index contributed by atoms with van der Waals surface area (Å²) in [5.74, 6) is -5.94. The van der Waals surface area contributed by atoms with Crippen LogP contribution in [0, 0.1) is 17.5 Å². The highest BCUT2D eigenvalue weighted by atomic mass is 32.2. The molecule has 0 heterocycles. The molecule has 0 saturated heterocycles. The predicted molar refractivity (Wildman–Crippen MR) is 40.1 cm³/mol. The van der Waals surface area contributed by atoms with Gasteiger partial charge in [-0.05, 0) is 12.1 Å². The van der Waals surface area contributed by atoms with Crippen LogP contribution in [0.4, 0.5) is 13.2 Å². The van der Waals surface area contributed by atoms with Gasteiger partial charge in [0, 0.05) is 0 Å². The van der Waals surface area contributed by atoms with E-state index in [1.165, 1.54) is 0 Å². The zero-order valence-corrected chi connectivity index (χ0v) is 7.32. The summed E-state index contributed by atoms with van der Waals surface area (Å²) in [6, 6.07) is 1.000. The van der Waals surface area contributed by atoms with Crippen LogP contribution in [0.15, 0.2) is 12.1 Å². The number of nitrogens with two attached hydrogens (primary N) is 1. The lowest BCUT2D eigenvalue weighted by Crippen LogP contribution is -2.20. The summed E-state index contributed by atoms with van der Waals surface area (Å²) in [4.78, 5) is 0. The molecule has 2 N–H and O–H groups in total. The second-order valence-electron chi connectivity index (χ2n) is 2.25. The summed E-state index contributed by atoms with van der Waals surface area (Å²) in [5, 5.41) is 4.35. The second-order valence-corrected chi connectivity index (χ2v) is 3.40. The van der Waals surface area contributed by atoms with E-state index in [9.17, 15) is 21.6 Å². The highest BCUT2D eigenvalue weighted by Gasteiger charge is 2.19. The van der Waals surface area contributed by atoms with E-state index in [0.29, 0.717) is 12.1 Å². The van der Waals surface area contributed by atoms with Crippen LogP contribution < -0.4 is 9.32 Å². The molecule has 0 aromatic heterocycles. The molecule has 0 aliphatic heterocycles. The van der Waals surface area contributed by atoms with Crippen molar-refractivity contribution in [1.29, 1.82) is 0 Å². The SMILES string of the molecule is NS(=O)(=O)Oc1c(F)ccc(F)c1F. The summed E-state index contributed by atoms with van der Waals surface area (Å²) < 4.78 is 62.3. The number of hydrogen-bond donors (Lipinski definition) is 1. The molecule has 0 aliphatic rings. The van der Waals surface area contributed by atoms with Crippen LogP contribution >= 0.6 is 0 Å². The zero-order valence-electron chi connectivity index (χ0n) is 6.50. The number of hydrogen-bond acceptors (Lipinski definition) is 3. The average molecular weight is 227 g/mol. The van der Waals surface area contributed by atoms with Gasteiger partial charge in [-0.3, -0.25) is 0 Å². The topological polar surface area (TPSA) is 69.4 Å². The van der Waals surface area contributed by atoms with Crippen molar-refractivity contribution in [2.24, 2.45) is 5.14 Å². The van der Waals surface area contributed by atoms with Crippen LogP contribution in [0.5, 0.6) is 5.75 Å². The van der Waals surface area contributed by atoms with Gasteiger partial charge in [-0.2, -0.15) is 17.9 Å². The zero-order chi connectivity index (χ0) is 10.9. The molecule has 1 aromatic carbocycles. The van der Waals surface area contributed by atoms with Crippen molar-refractivity contribution in [3.8, 4) is 5.75 Å². The van der Waals surface area contributed by atoms with Gasteiger partial charge in [-0.25, -0.2) is 8.78 Å². The molecule has 0 saturated carbocycles. The Morgan fingerprint density at radius 2 is 1.64 bits per heavy atom. The smallest absolute Gasteiger partial charge is 0.365 e. The van der Waals surface area contributed by atoms with E-state index in [2.05, 4.69) is 9.32 Å².